The number of aryl methyl sites for hydroxylation is 1. The third-order valence-electron chi connectivity index (χ3n) is 3.14. The van der Waals surface area contributed by atoms with Gasteiger partial charge in [-0.25, -0.2) is 0 Å². The summed E-state index contributed by atoms with van der Waals surface area (Å²) in [5.74, 6) is 0.593. The molecule has 21 heavy (non-hydrogen) atoms. The summed E-state index contributed by atoms with van der Waals surface area (Å²) >= 11 is 22.4. The Bertz CT molecular complexity index is 658. The summed E-state index contributed by atoms with van der Waals surface area (Å²) in [6.07, 6.45) is 0. The van der Waals surface area contributed by atoms with E-state index in [4.69, 9.17) is 39.5 Å². The van der Waals surface area contributed by atoms with Crippen LogP contribution in [0.15, 0.2) is 30.3 Å². The molecule has 0 aromatic heterocycles. The van der Waals surface area contributed by atoms with Crippen molar-refractivity contribution < 1.29 is 4.74 Å². The number of hydrogen-bond acceptors (Lipinski definition) is 1. The second-order valence-electron chi connectivity index (χ2n) is 4.60. The third kappa shape index (κ3) is 3.87. The Hall–Kier alpha value is -0.410. The van der Waals surface area contributed by atoms with Crippen LogP contribution in [0.25, 0.3) is 0 Å². The van der Waals surface area contributed by atoms with Crippen LogP contribution in [0.1, 0.15) is 28.4 Å². The monoisotopic (exact) mass is 406 g/mol. The van der Waals surface area contributed by atoms with Crippen molar-refractivity contribution in [3.8, 4) is 5.75 Å². The van der Waals surface area contributed by atoms with Gasteiger partial charge < -0.3 is 4.74 Å². The first-order valence-electron chi connectivity index (χ1n) is 6.46. The maximum Gasteiger partial charge on any atom is 0.139 e. The zero-order valence-electron chi connectivity index (χ0n) is 11.6. The van der Waals surface area contributed by atoms with Crippen molar-refractivity contribution in [1.29, 1.82) is 0 Å². The van der Waals surface area contributed by atoms with Crippen molar-refractivity contribution in [3.05, 3.63) is 62.1 Å². The van der Waals surface area contributed by atoms with E-state index >= 15 is 0 Å². The van der Waals surface area contributed by atoms with E-state index in [0.29, 0.717) is 27.4 Å². The molecular weight excluding hydrogens is 394 g/mol. The molecule has 0 radical (unpaired) electrons. The molecule has 1 atom stereocenters. The van der Waals surface area contributed by atoms with Crippen molar-refractivity contribution in [1.82, 2.24) is 0 Å². The molecule has 0 fully saturated rings. The SMILES string of the molecule is CCOc1cc(Cl)c(C(Br)c2cc(Cl)ccc2C)cc1Cl. The van der Waals surface area contributed by atoms with Crippen LogP contribution in [-0.2, 0) is 0 Å². The Balaban J connectivity index is 2.46. The molecule has 0 spiro atoms. The van der Waals surface area contributed by atoms with Crippen LogP contribution < -0.4 is 4.74 Å². The molecule has 1 unspecified atom stereocenters. The molecule has 0 N–H and O–H groups in total. The van der Waals surface area contributed by atoms with E-state index in [1.54, 1.807) is 6.07 Å². The van der Waals surface area contributed by atoms with Gasteiger partial charge in [-0.1, -0.05) is 56.8 Å². The molecule has 0 aliphatic rings. The maximum absolute atomic E-state index is 6.37. The molecule has 2 aromatic carbocycles. The molecule has 5 heteroatoms. The predicted octanol–water partition coefficient (Wildman–Crippen LogP) is 6.84. The summed E-state index contributed by atoms with van der Waals surface area (Å²) in [7, 11) is 0. The number of benzene rings is 2. The molecule has 0 aliphatic heterocycles. The van der Waals surface area contributed by atoms with Crippen molar-refractivity contribution >= 4 is 50.7 Å². The number of alkyl halides is 1. The van der Waals surface area contributed by atoms with Crippen molar-refractivity contribution in [2.24, 2.45) is 0 Å². The lowest BCUT2D eigenvalue weighted by Gasteiger charge is -2.17. The predicted molar refractivity (Wildman–Crippen MR) is 94.6 cm³/mol. The molecule has 2 aromatic rings. The van der Waals surface area contributed by atoms with E-state index in [1.807, 2.05) is 38.1 Å². The van der Waals surface area contributed by atoms with Gasteiger partial charge in [0, 0.05) is 16.1 Å². The third-order valence-corrected chi connectivity index (χ3v) is 4.98. The average Bonchev–Trinajstić information content (AvgIpc) is 2.44. The molecule has 0 bridgehead atoms. The lowest BCUT2D eigenvalue weighted by molar-refractivity contribution is 0.340. The van der Waals surface area contributed by atoms with Crippen molar-refractivity contribution in [2.45, 2.75) is 18.7 Å². The molecule has 1 nitrogen and oxygen atoms in total. The van der Waals surface area contributed by atoms with Gasteiger partial charge in [0.2, 0.25) is 0 Å². The second kappa shape index (κ2) is 7.23. The zero-order valence-corrected chi connectivity index (χ0v) is 15.4. The van der Waals surface area contributed by atoms with Crippen LogP contribution in [0, 0.1) is 6.92 Å². The minimum absolute atomic E-state index is 0.0862. The summed E-state index contributed by atoms with van der Waals surface area (Å²) < 4.78 is 5.45. The minimum atomic E-state index is -0.0862. The standard InChI is InChI=1S/C16H14BrCl3O/c1-3-21-15-8-13(19)12(7-14(15)20)16(17)11-6-10(18)5-4-9(11)2/h4-8,16H,3H2,1-2H3. The molecule has 0 amide bonds. The highest BCUT2D eigenvalue weighted by Gasteiger charge is 2.18. The molecule has 112 valence electrons. The van der Waals surface area contributed by atoms with Gasteiger partial charge in [-0.2, -0.15) is 0 Å². The molecule has 0 saturated heterocycles. The fourth-order valence-corrected chi connectivity index (χ4v) is 3.73. The lowest BCUT2D eigenvalue weighted by atomic mass is 10.0. The zero-order chi connectivity index (χ0) is 15.6. The van der Waals surface area contributed by atoms with Gasteiger partial charge in [0.05, 0.1) is 16.5 Å². The Morgan fingerprint density at radius 3 is 2.43 bits per heavy atom. The second-order valence-corrected chi connectivity index (χ2v) is 6.77. The Labute approximate surface area is 148 Å². The summed E-state index contributed by atoms with van der Waals surface area (Å²) in [5.41, 5.74) is 3.07. The number of rotatable bonds is 4. The van der Waals surface area contributed by atoms with Gasteiger partial charge in [0.25, 0.3) is 0 Å². The summed E-state index contributed by atoms with van der Waals surface area (Å²) in [6.45, 7) is 4.48. The molecule has 0 heterocycles. The summed E-state index contributed by atoms with van der Waals surface area (Å²) in [5, 5.41) is 1.83. The molecule has 0 saturated carbocycles. The molecule has 0 aliphatic carbocycles. The van der Waals surface area contributed by atoms with E-state index in [1.165, 1.54) is 0 Å². The fraction of sp³-hybridized carbons (Fsp3) is 0.250. The van der Waals surface area contributed by atoms with Crippen LogP contribution in [-0.4, -0.2) is 6.61 Å². The van der Waals surface area contributed by atoms with Gasteiger partial charge in [0.15, 0.2) is 0 Å². The smallest absolute Gasteiger partial charge is 0.139 e. The van der Waals surface area contributed by atoms with Gasteiger partial charge in [-0.3, -0.25) is 0 Å². The van der Waals surface area contributed by atoms with E-state index < -0.39 is 0 Å². The van der Waals surface area contributed by atoms with Gasteiger partial charge in [-0.05, 0) is 48.7 Å². The van der Waals surface area contributed by atoms with Crippen LogP contribution in [0.3, 0.4) is 0 Å². The first kappa shape index (κ1) is 17.0. The first-order chi connectivity index (χ1) is 9.93. The fourth-order valence-electron chi connectivity index (χ4n) is 2.06. The van der Waals surface area contributed by atoms with E-state index in [-0.39, 0.29) is 4.83 Å². The number of halogens is 4. The highest BCUT2D eigenvalue weighted by atomic mass is 79.9. The van der Waals surface area contributed by atoms with E-state index in [9.17, 15) is 0 Å². The highest BCUT2D eigenvalue weighted by Crippen LogP contribution is 2.41. The average molecular weight is 409 g/mol. The quantitative estimate of drug-likeness (QED) is 0.503. The first-order valence-corrected chi connectivity index (χ1v) is 8.50. The lowest BCUT2D eigenvalue weighted by Crippen LogP contribution is -1.99. The van der Waals surface area contributed by atoms with Gasteiger partial charge in [-0.15, -0.1) is 0 Å². The molecular formula is C16H14BrCl3O. The Morgan fingerprint density at radius 2 is 1.76 bits per heavy atom. The molecule has 2 rings (SSSR count). The highest BCUT2D eigenvalue weighted by molar-refractivity contribution is 9.09. The van der Waals surface area contributed by atoms with Gasteiger partial charge >= 0.3 is 0 Å². The van der Waals surface area contributed by atoms with Crippen LogP contribution in [0.4, 0.5) is 0 Å². The van der Waals surface area contributed by atoms with Crippen LogP contribution in [0.5, 0.6) is 5.75 Å². The summed E-state index contributed by atoms with van der Waals surface area (Å²) in [6, 6.07) is 9.35. The maximum atomic E-state index is 6.37. The van der Waals surface area contributed by atoms with Crippen LogP contribution >= 0.6 is 50.7 Å². The Morgan fingerprint density at radius 1 is 1.05 bits per heavy atom. The number of hydrogen-bond donors (Lipinski definition) is 0. The minimum Gasteiger partial charge on any atom is -0.492 e. The Kier molecular flexibility index (Phi) is 5.84. The number of ether oxygens (including phenoxy) is 1. The largest absolute Gasteiger partial charge is 0.492 e. The van der Waals surface area contributed by atoms with Gasteiger partial charge in [0.1, 0.15) is 5.75 Å². The summed E-state index contributed by atoms with van der Waals surface area (Å²) in [4.78, 5) is -0.0862. The van der Waals surface area contributed by atoms with E-state index in [2.05, 4.69) is 15.9 Å². The van der Waals surface area contributed by atoms with E-state index in [0.717, 1.165) is 16.7 Å². The topological polar surface area (TPSA) is 9.23 Å². The normalized spacial score (nSPS) is 12.3. The van der Waals surface area contributed by atoms with Crippen molar-refractivity contribution in [3.63, 3.8) is 0 Å². The van der Waals surface area contributed by atoms with Crippen LogP contribution in [0.2, 0.25) is 15.1 Å². The van der Waals surface area contributed by atoms with Crippen molar-refractivity contribution in [2.75, 3.05) is 6.61 Å².